The van der Waals surface area contributed by atoms with Crippen molar-refractivity contribution in [3.63, 3.8) is 0 Å². The topological polar surface area (TPSA) is 237 Å². The number of aliphatic hydroxyl groups is 1. The minimum atomic E-state index is -4.93. The van der Waals surface area contributed by atoms with Crippen LogP contribution in [0.5, 0.6) is 0 Å². The van der Waals surface area contributed by atoms with Gasteiger partial charge in [0.25, 0.3) is 0 Å². The van der Waals surface area contributed by atoms with Gasteiger partial charge in [-0.05, 0) is 25.7 Å². The molecule has 0 aromatic carbocycles. The number of ether oxygens (including phenoxy) is 4. The number of hydrogen-bond donors (Lipinski definition) is 3. The molecular formula is C56H108O17P2. The molecule has 0 bridgehead atoms. The summed E-state index contributed by atoms with van der Waals surface area (Å²) in [7, 11) is -9.85. The van der Waals surface area contributed by atoms with Gasteiger partial charge in [-0.25, -0.2) is 9.13 Å². The van der Waals surface area contributed by atoms with Crippen molar-refractivity contribution in [2.45, 2.75) is 296 Å². The van der Waals surface area contributed by atoms with E-state index in [1.807, 2.05) is 0 Å². The molecule has 75 heavy (non-hydrogen) atoms. The minimum Gasteiger partial charge on any atom is -0.462 e. The maximum atomic E-state index is 12.9. The van der Waals surface area contributed by atoms with Crippen LogP contribution in [0, 0.1) is 0 Å². The molecule has 0 amide bonds. The molecule has 17 nitrogen and oxygen atoms in total. The first-order valence-corrected chi connectivity index (χ1v) is 32.8. The molecular weight excluding hydrogens is 1010 g/mol. The maximum absolute atomic E-state index is 12.9. The highest BCUT2D eigenvalue weighted by Gasteiger charge is 2.30. The Morgan fingerprint density at radius 2 is 0.533 bits per heavy atom. The molecule has 0 aliphatic carbocycles. The number of rotatable bonds is 57. The standard InChI is InChI=1S/C56H108O17P2/c1-5-9-13-17-20-23-25-26-28-31-35-39-43-56(61)73-52(47-67-54(59)41-37-33-30-27-24-21-18-14-10-6-2)49-71-75(64,65)69-45-50(57)44-68-74(62,63)70-48-51(46-66-53(58)40-36-32-16-12-8-4)72-55(60)42-38-34-29-22-19-15-11-7-3/h50-52,57H,5-49H2,1-4H3,(H,62,63)(H,64,65)/t50-,51+,52+/m0/s1. The lowest BCUT2D eigenvalue weighted by Gasteiger charge is -2.21. The molecule has 0 spiro atoms. The van der Waals surface area contributed by atoms with Gasteiger partial charge < -0.3 is 33.8 Å². The summed E-state index contributed by atoms with van der Waals surface area (Å²) < 4.78 is 67.4. The van der Waals surface area contributed by atoms with Crippen LogP contribution in [-0.4, -0.2) is 96.7 Å². The number of hydrogen-bond acceptors (Lipinski definition) is 15. The Bertz CT molecular complexity index is 1470. The Kier molecular flexibility index (Phi) is 50.2. The average molecular weight is 1120 g/mol. The summed E-state index contributed by atoms with van der Waals surface area (Å²) in [6, 6.07) is 0. The average Bonchev–Trinajstić information content (AvgIpc) is 3.38. The van der Waals surface area contributed by atoms with Gasteiger partial charge in [0.1, 0.15) is 19.3 Å². The number of carbonyl (C=O) groups excluding carboxylic acids is 4. The molecule has 0 aliphatic rings. The minimum absolute atomic E-state index is 0.104. The largest absolute Gasteiger partial charge is 0.472 e. The highest BCUT2D eigenvalue weighted by molar-refractivity contribution is 7.47. The first-order valence-electron chi connectivity index (χ1n) is 29.8. The zero-order chi connectivity index (χ0) is 55.5. The van der Waals surface area contributed by atoms with Gasteiger partial charge in [0.2, 0.25) is 0 Å². The third-order valence-electron chi connectivity index (χ3n) is 12.9. The molecule has 0 fully saturated rings. The molecule has 0 saturated heterocycles. The Morgan fingerprint density at radius 3 is 0.787 bits per heavy atom. The summed E-state index contributed by atoms with van der Waals surface area (Å²) in [5.41, 5.74) is 0. The van der Waals surface area contributed by atoms with Crippen LogP contribution in [0.4, 0.5) is 0 Å². The summed E-state index contributed by atoms with van der Waals surface area (Å²) in [5, 5.41) is 10.5. The Morgan fingerprint density at radius 1 is 0.320 bits per heavy atom. The molecule has 0 aromatic rings. The number of aliphatic hydroxyl groups excluding tert-OH is 1. The smallest absolute Gasteiger partial charge is 0.462 e. The van der Waals surface area contributed by atoms with Crippen LogP contribution < -0.4 is 0 Å². The fourth-order valence-electron chi connectivity index (χ4n) is 8.22. The van der Waals surface area contributed by atoms with E-state index in [-0.39, 0.29) is 25.7 Å². The maximum Gasteiger partial charge on any atom is 0.472 e. The lowest BCUT2D eigenvalue weighted by Crippen LogP contribution is -2.30. The molecule has 0 heterocycles. The summed E-state index contributed by atoms with van der Waals surface area (Å²) in [6.07, 6.45) is 33.8. The third-order valence-corrected chi connectivity index (χ3v) is 14.8. The summed E-state index contributed by atoms with van der Waals surface area (Å²) >= 11 is 0. The fourth-order valence-corrected chi connectivity index (χ4v) is 9.80. The van der Waals surface area contributed by atoms with Crippen LogP contribution in [0.25, 0.3) is 0 Å². The molecule has 0 aliphatic heterocycles. The zero-order valence-electron chi connectivity index (χ0n) is 47.5. The SMILES string of the molecule is CCCCCCCCCCCCCCC(=O)O[C@H](COC(=O)CCCCCCCCCCCC)COP(=O)(O)OC[C@@H](O)COP(=O)(O)OC[C@@H](COC(=O)CCCCCCC)OC(=O)CCCCCCCCCC. The molecule has 0 rings (SSSR count). The van der Waals surface area contributed by atoms with Gasteiger partial charge in [-0.2, -0.15) is 0 Å². The van der Waals surface area contributed by atoms with E-state index in [4.69, 9.17) is 37.0 Å². The fraction of sp³-hybridized carbons (Fsp3) is 0.929. The van der Waals surface area contributed by atoms with Crippen molar-refractivity contribution in [1.29, 1.82) is 0 Å². The van der Waals surface area contributed by atoms with Gasteiger partial charge in [0.05, 0.1) is 26.4 Å². The van der Waals surface area contributed by atoms with Gasteiger partial charge in [-0.1, -0.05) is 227 Å². The lowest BCUT2D eigenvalue weighted by molar-refractivity contribution is -0.161. The quantitative estimate of drug-likeness (QED) is 0.0222. The van der Waals surface area contributed by atoms with E-state index < -0.39 is 97.5 Å². The van der Waals surface area contributed by atoms with E-state index in [0.717, 1.165) is 103 Å². The van der Waals surface area contributed by atoms with E-state index in [0.29, 0.717) is 25.7 Å². The van der Waals surface area contributed by atoms with E-state index in [1.165, 1.54) is 96.3 Å². The van der Waals surface area contributed by atoms with Crippen LogP contribution in [0.2, 0.25) is 0 Å². The van der Waals surface area contributed by atoms with Crippen molar-refractivity contribution in [2.24, 2.45) is 0 Å². The second-order valence-corrected chi connectivity index (χ2v) is 23.2. The molecule has 3 N–H and O–H groups in total. The molecule has 444 valence electrons. The number of phosphoric ester groups is 2. The van der Waals surface area contributed by atoms with E-state index >= 15 is 0 Å². The molecule has 0 aromatic heterocycles. The Hall–Kier alpha value is -1.94. The van der Waals surface area contributed by atoms with Crippen molar-refractivity contribution in [2.75, 3.05) is 39.6 Å². The molecule has 2 unspecified atom stereocenters. The first-order chi connectivity index (χ1) is 36.2. The third kappa shape index (κ3) is 51.3. The number of unbranched alkanes of at least 4 members (excludes halogenated alkanes) is 31. The van der Waals surface area contributed by atoms with Crippen molar-refractivity contribution >= 4 is 39.5 Å². The Balaban J connectivity index is 5.17. The summed E-state index contributed by atoms with van der Waals surface area (Å²) in [4.78, 5) is 71.5. The number of esters is 4. The van der Waals surface area contributed by atoms with Gasteiger partial charge in [0, 0.05) is 25.7 Å². The first kappa shape index (κ1) is 73.1. The predicted molar refractivity (Wildman–Crippen MR) is 294 cm³/mol. The normalized spacial score (nSPS) is 14.4. The van der Waals surface area contributed by atoms with Gasteiger partial charge in [-0.3, -0.25) is 37.3 Å². The molecule has 5 atom stereocenters. The van der Waals surface area contributed by atoms with E-state index in [1.54, 1.807) is 0 Å². The number of carbonyl (C=O) groups is 4. The molecule has 0 radical (unpaired) electrons. The van der Waals surface area contributed by atoms with Crippen molar-refractivity contribution in [3.8, 4) is 0 Å². The molecule has 19 heteroatoms. The highest BCUT2D eigenvalue weighted by atomic mass is 31.2. The van der Waals surface area contributed by atoms with E-state index in [9.17, 15) is 43.2 Å². The van der Waals surface area contributed by atoms with E-state index in [2.05, 4.69) is 27.7 Å². The summed E-state index contributed by atoms with van der Waals surface area (Å²) in [5.74, 6) is -2.16. The van der Waals surface area contributed by atoms with Crippen molar-refractivity contribution in [3.05, 3.63) is 0 Å². The van der Waals surface area contributed by atoms with Crippen molar-refractivity contribution < 1.29 is 80.2 Å². The van der Waals surface area contributed by atoms with Crippen LogP contribution in [-0.2, 0) is 65.4 Å². The second kappa shape index (κ2) is 51.5. The van der Waals surface area contributed by atoms with Gasteiger partial charge in [0.15, 0.2) is 12.2 Å². The lowest BCUT2D eigenvalue weighted by atomic mass is 10.0. The van der Waals surface area contributed by atoms with Crippen LogP contribution in [0.3, 0.4) is 0 Å². The second-order valence-electron chi connectivity index (χ2n) is 20.3. The highest BCUT2D eigenvalue weighted by Crippen LogP contribution is 2.45. The monoisotopic (exact) mass is 1110 g/mol. The van der Waals surface area contributed by atoms with Gasteiger partial charge >= 0.3 is 39.5 Å². The van der Waals surface area contributed by atoms with Crippen LogP contribution in [0.1, 0.15) is 278 Å². The van der Waals surface area contributed by atoms with Crippen LogP contribution >= 0.6 is 15.6 Å². The Labute approximate surface area is 454 Å². The number of phosphoric acid groups is 2. The van der Waals surface area contributed by atoms with Crippen molar-refractivity contribution in [1.82, 2.24) is 0 Å². The van der Waals surface area contributed by atoms with Gasteiger partial charge in [-0.15, -0.1) is 0 Å². The summed E-state index contributed by atoms with van der Waals surface area (Å²) in [6.45, 7) is 4.71. The zero-order valence-corrected chi connectivity index (χ0v) is 49.3. The molecule has 0 saturated carbocycles. The van der Waals surface area contributed by atoms with Crippen LogP contribution in [0.15, 0.2) is 0 Å². The predicted octanol–water partition coefficient (Wildman–Crippen LogP) is 14.8.